The Kier molecular flexibility index (Phi) is 4.69. The van der Waals surface area contributed by atoms with Gasteiger partial charge in [0.15, 0.2) is 0 Å². The van der Waals surface area contributed by atoms with E-state index in [0.29, 0.717) is 12.0 Å². The van der Waals surface area contributed by atoms with Crippen molar-refractivity contribution in [1.82, 2.24) is 5.32 Å². The van der Waals surface area contributed by atoms with Crippen LogP contribution in [0, 0.1) is 11.6 Å². The molecule has 0 heterocycles. The smallest absolute Gasteiger partial charge is 0.130 e. The third-order valence-electron chi connectivity index (χ3n) is 3.26. The Bertz CT molecular complexity index is 586. The van der Waals surface area contributed by atoms with Crippen molar-refractivity contribution in [2.24, 2.45) is 0 Å². The predicted octanol–water partition coefficient (Wildman–Crippen LogP) is 3.48. The second-order valence-electron chi connectivity index (χ2n) is 4.56. The van der Waals surface area contributed by atoms with Crippen LogP contribution < -0.4 is 10.1 Å². The van der Waals surface area contributed by atoms with E-state index in [1.54, 1.807) is 14.2 Å². The van der Waals surface area contributed by atoms with Crippen LogP contribution in [0.4, 0.5) is 8.78 Å². The lowest BCUT2D eigenvalue weighted by molar-refractivity contribution is 0.414. The van der Waals surface area contributed by atoms with Gasteiger partial charge in [0.05, 0.1) is 7.11 Å². The molecule has 2 rings (SSSR count). The summed E-state index contributed by atoms with van der Waals surface area (Å²) < 4.78 is 32.0. The first-order valence-electron chi connectivity index (χ1n) is 6.39. The number of methoxy groups -OCH3 is 1. The highest BCUT2D eigenvalue weighted by molar-refractivity contribution is 5.31. The average molecular weight is 277 g/mol. The van der Waals surface area contributed by atoms with Gasteiger partial charge in [-0.1, -0.05) is 18.2 Å². The lowest BCUT2D eigenvalue weighted by atomic mass is 9.98. The number of rotatable bonds is 5. The van der Waals surface area contributed by atoms with Crippen molar-refractivity contribution >= 4 is 0 Å². The van der Waals surface area contributed by atoms with Gasteiger partial charge in [-0.25, -0.2) is 8.78 Å². The minimum absolute atomic E-state index is 0.220. The Hall–Kier alpha value is -1.94. The van der Waals surface area contributed by atoms with E-state index in [0.717, 1.165) is 17.4 Å². The zero-order valence-corrected chi connectivity index (χ0v) is 11.5. The molecule has 0 aromatic heterocycles. The highest BCUT2D eigenvalue weighted by Crippen LogP contribution is 2.23. The molecule has 1 N–H and O–H groups in total. The summed E-state index contributed by atoms with van der Waals surface area (Å²) in [5.41, 5.74) is 1.48. The first-order valence-corrected chi connectivity index (χ1v) is 6.39. The molecule has 0 saturated heterocycles. The summed E-state index contributed by atoms with van der Waals surface area (Å²) in [5.74, 6) is -0.341. The fourth-order valence-electron chi connectivity index (χ4n) is 2.19. The Morgan fingerprint density at radius 1 is 1.15 bits per heavy atom. The highest BCUT2D eigenvalue weighted by Gasteiger charge is 2.15. The Morgan fingerprint density at radius 3 is 2.60 bits per heavy atom. The van der Waals surface area contributed by atoms with Crippen LogP contribution in [0.3, 0.4) is 0 Å². The molecule has 0 aliphatic rings. The van der Waals surface area contributed by atoms with Crippen molar-refractivity contribution in [3.05, 3.63) is 65.2 Å². The molecule has 4 heteroatoms. The predicted molar refractivity (Wildman–Crippen MR) is 74.9 cm³/mol. The van der Waals surface area contributed by atoms with E-state index in [1.807, 2.05) is 24.3 Å². The summed E-state index contributed by atoms with van der Waals surface area (Å²) in [6.07, 6.45) is 0.594. The minimum Gasteiger partial charge on any atom is -0.497 e. The van der Waals surface area contributed by atoms with Crippen LogP contribution in [0.1, 0.15) is 17.2 Å². The monoisotopic (exact) mass is 277 g/mol. The molecule has 2 aromatic rings. The van der Waals surface area contributed by atoms with E-state index < -0.39 is 11.6 Å². The summed E-state index contributed by atoms with van der Waals surface area (Å²) in [6.45, 7) is 0. The van der Waals surface area contributed by atoms with Gasteiger partial charge in [-0.05, 0) is 37.2 Å². The van der Waals surface area contributed by atoms with Crippen LogP contribution in [-0.2, 0) is 6.42 Å². The first kappa shape index (κ1) is 14.5. The summed E-state index contributed by atoms with van der Waals surface area (Å²) in [4.78, 5) is 0. The molecule has 0 spiro atoms. The zero-order valence-electron chi connectivity index (χ0n) is 11.5. The molecule has 0 aliphatic heterocycles. The van der Waals surface area contributed by atoms with E-state index in [2.05, 4.69) is 5.32 Å². The number of likely N-dealkylation sites (N-methyl/N-ethyl adjacent to an activating group) is 1. The fraction of sp³-hybridized carbons (Fsp3) is 0.250. The van der Waals surface area contributed by atoms with Crippen molar-refractivity contribution in [2.75, 3.05) is 14.2 Å². The molecule has 0 saturated carbocycles. The van der Waals surface area contributed by atoms with Crippen molar-refractivity contribution in [2.45, 2.75) is 12.5 Å². The van der Waals surface area contributed by atoms with Gasteiger partial charge in [-0.15, -0.1) is 0 Å². The van der Waals surface area contributed by atoms with E-state index in [9.17, 15) is 8.78 Å². The van der Waals surface area contributed by atoms with Gasteiger partial charge in [0.25, 0.3) is 0 Å². The molecule has 0 aliphatic carbocycles. The average Bonchev–Trinajstić information content (AvgIpc) is 2.45. The van der Waals surface area contributed by atoms with Gasteiger partial charge >= 0.3 is 0 Å². The maximum absolute atomic E-state index is 13.8. The lowest BCUT2D eigenvalue weighted by Crippen LogP contribution is -2.20. The zero-order chi connectivity index (χ0) is 14.5. The molecule has 2 nitrogen and oxygen atoms in total. The number of nitrogens with one attached hydrogen (secondary N) is 1. The van der Waals surface area contributed by atoms with Crippen LogP contribution in [0.5, 0.6) is 5.75 Å². The van der Waals surface area contributed by atoms with Crippen LogP contribution in [0.25, 0.3) is 0 Å². The molecule has 0 bridgehead atoms. The van der Waals surface area contributed by atoms with Crippen LogP contribution in [0.2, 0.25) is 0 Å². The first-order chi connectivity index (χ1) is 9.63. The van der Waals surface area contributed by atoms with Gasteiger partial charge in [0.1, 0.15) is 17.4 Å². The van der Waals surface area contributed by atoms with E-state index in [-0.39, 0.29) is 6.04 Å². The number of hydrogen-bond acceptors (Lipinski definition) is 2. The summed E-state index contributed by atoms with van der Waals surface area (Å²) in [7, 11) is 3.36. The number of halogens is 2. The molecule has 0 amide bonds. The second kappa shape index (κ2) is 6.48. The van der Waals surface area contributed by atoms with Crippen molar-refractivity contribution < 1.29 is 13.5 Å². The van der Waals surface area contributed by atoms with Crippen LogP contribution >= 0.6 is 0 Å². The molecule has 0 fully saturated rings. The Labute approximate surface area is 117 Å². The molecule has 1 atom stereocenters. The van der Waals surface area contributed by atoms with Gasteiger partial charge in [-0.2, -0.15) is 0 Å². The van der Waals surface area contributed by atoms with Crippen LogP contribution in [0.15, 0.2) is 42.5 Å². The minimum atomic E-state index is -0.567. The molecular formula is C16H17F2NO. The fourth-order valence-corrected chi connectivity index (χ4v) is 2.19. The highest BCUT2D eigenvalue weighted by atomic mass is 19.1. The van der Waals surface area contributed by atoms with Crippen molar-refractivity contribution in [1.29, 1.82) is 0 Å². The molecule has 0 radical (unpaired) electrons. The van der Waals surface area contributed by atoms with E-state index in [4.69, 9.17) is 4.74 Å². The third kappa shape index (κ3) is 3.33. The quantitative estimate of drug-likeness (QED) is 0.903. The molecular weight excluding hydrogens is 260 g/mol. The van der Waals surface area contributed by atoms with Crippen LogP contribution in [-0.4, -0.2) is 14.2 Å². The molecule has 2 aromatic carbocycles. The normalized spacial score (nSPS) is 12.2. The van der Waals surface area contributed by atoms with Gasteiger partial charge < -0.3 is 10.1 Å². The Balaban J connectivity index is 2.23. The Morgan fingerprint density at radius 2 is 1.95 bits per heavy atom. The number of benzene rings is 2. The van der Waals surface area contributed by atoms with E-state index >= 15 is 0 Å². The summed E-state index contributed by atoms with van der Waals surface area (Å²) >= 11 is 0. The van der Waals surface area contributed by atoms with Gasteiger partial charge in [0, 0.05) is 17.7 Å². The third-order valence-corrected chi connectivity index (χ3v) is 3.26. The van der Waals surface area contributed by atoms with Crippen molar-refractivity contribution in [3.8, 4) is 5.75 Å². The topological polar surface area (TPSA) is 21.3 Å². The number of hydrogen-bond donors (Lipinski definition) is 1. The molecule has 106 valence electrons. The number of ether oxygens (including phenoxy) is 1. The maximum atomic E-state index is 13.8. The van der Waals surface area contributed by atoms with Gasteiger partial charge in [-0.3, -0.25) is 0 Å². The largest absolute Gasteiger partial charge is 0.497 e. The summed E-state index contributed by atoms with van der Waals surface area (Å²) in [6, 6.07) is 11.0. The molecule has 1 unspecified atom stereocenters. The SMILES string of the molecule is CNC(Cc1cccc(OC)c1)c1ccc(F)cc1F. The summed E-state index contributed by atoms with van der Waals surface area (Å²) in [5, 5.41) is 3.06. The second-order valence-corrected chi connectivity index (χ2v) is 4.56. The standard InChI is InChI=1S/C16H17F2NO/c1-19-16(14-7-6-12(17)10-15(14)18)9-11-4-3-5-13(8-11)20-2/h3-8,10,16,19H,9H2,1-2H3. The van der Waals surface area contributed by atoms with Crippen molar-refractivity contribution in [3.63, 3.8) is 0 Å². The lowest BCUT2D eigenvalue weighted by Gasteiger charge is -2.18. The molecule has 20 heavy (non-hydrogen) atoms. The van der Waals surface area contributed by atoms with Gasteiger partial charge in [0.2, 0.25) is 0 Å². The van der Waals surface area contributed by atoms with E-state index in [1.165, 1.54) is 12.1 Å². The maximum Gasteiger partial charge on any atom is 0.130 e.